The number of nitrogens with zero attached hydrogens (tertiary/aromatic N) is 1. The molecule has 1 N–H and O–H groups in total. The molecule has 0 aliphatic carbocycles. The largest absolute Gasteiger partial charge is 0.493 e. The third kappa shape index (κ3) is 5.31. The Kier molecular flexibility index (Phi) is 5.77. The first-order valence-corrected chi connectivity index (χ1v) is 3.23. The minimum atomic E-state index is 0.0654. The Hall–Kier alpha value is -0.830. The maximum Gasteiger partial charge on any atom is 0.129 e. The molecule has 0 saturated heterocycles. The summed E-state index contributed by atoms with van der Waals surface area (Å²) in [5.74, 6) is 0.538. The van der Waals surface area contributed by atoms with Gasteiger partial charge in [-0.05, 0) is 6.92 Å². The summed E-state index contributed by atoms with van der Waals surface area (Å²) in [6, 6.07) is 0. The summed E-state index contributed by atoms with van der Waals surface area (Å²) >= 11 is 0. The Balaban J connectivity index is 3.36. The Morgan fingerprint density at radius 3 is 3.00 bits per heavy atom. The number of rotatable bonds is 5. The summed E-state index contributed by atoms with van der Waals surface area (Å²) in [4.78, 5) is 3.81. The van der Waals surface area contributed by atoms with E-state index in [0.717, 1.165) is 0 Å². The quantitative estimate of drug-likeness (QED) is 0.452. The number of ether oxygens (including phenoxy) is 1. The average molecular weight is 143 g/mol. The van der Waals surface area contributed by atoms with Crippen molar-refractivity contribution in [3.05, 3.63) is 12.3 Å². The van der Waals surface area contributed by atoms with Gasteiger partial charge < -0.3 is 9.84 Å². The molecule has 0 aromatic carbocycles. The van der Waals surface area contributed by atoms with E-state index in [-0.39, 0.29) is 6.61 Å². The number of hydrogen-bond donors (Lipinski definition) is 1. The third-order valence-electron chi connectivity index (χ3n) is 0.794. The van der Waals surface area contributed by atoms with Gasteiger partial charge in [0.2, 0.25) is 0 Å². The maximum atomic E-state index is 8.32. The molecule has 0 aliphatic heterocycles. The Labute approximate surface area is 61.0 Å². The van der Waals surface area contributed by atoms with Crippen LogP contribution in [0.25, 0.3) is 0 Å². The standard InChI is InChI=1S/C7H13NO2/c1-3-10-7(2)6-8-4-5-9/h6,9H,2-5H2,1H3. The van der Waals surface area contributed by atoms with Gasteiger partial charge in [-0.2, -0.15) is 0 Å². The average Bonchev–Trinajstić information content (AvgIpc) is 1.89. The van der Waals surface area contributed by atoms with Crippen molar-refractivity contribution in [3.8, 4) is 0 Å². The van der Waals surface area contributed by atoms with Crippen molar-refractivity contribution in [1.82, 2.24) is 0 Å². The molecule has 0 spiro atoms. The molecule has 0 atom stereocenters. The topological polar surface area (TPSA) is 41.8 Å². The van der Waals surface area contributed by atoms with Gasteiger partial charge in [-0.15, -0.1) is 0 Å². The highest BCUT2D eigenvalue weighted by Gasteiger charge is 1.83. The number of aliphatic imine (C=N–C) groups is 1. The Bertz CT molecular complexity index is 121. The first kappa shape index (κ1) is 9.17. The van der Waals surface area contributed by atoms with Crippen molar-refractivity contribution < 1.29 is 9.84 Å². The molecule has 0 bridgehead atoms. The normalized spacial score (nSPS) is 10.2. The number of hydrogen-bond acceptors (Lipinski definition) is 3. The maximum absolute atomic E-state index is 8.32. The lowest BCUT2D eigenvalue weighted by Gasteiger charge is -1.98. The number of allylic oxidation sites excluding steroid dienone is 1. The molecule has 0 aliphatic rings. The summed E-state index contributed by atoms with van der Waals surface area (Å²) in [5, 5.41) is 8.32. The van der Waals surface area contributed by atoms with Crippen LogP contribution in [0.15, 0.2) is 17.3 Å². The van der Waals surface area contributed by atoms with Crippen LogP contribution in [0.5, 0.6) is 0 Å². The molecule has 58 valence electrons. The van der Waals surface area contributed by atoms with E-state index in [1.807, 2.05) is 6.92 Å². The van der Waals surface area contributed by atoms with Crippen LogP contribution in [0.3, 0.4) is 0 Å². The molecule has 3 nitrogen and oxygen atoms in total. The summed E-state index contributed by atoms with van der Waals surface area (Å²) < 4.78 is 4.96. The van der Waals surface area contributed by atoms with Crippen molar-refractivity contribution >= 4 is 6.21 Å². The summed E-state index contributed by atoms with van der Waals surface area (Å²) in [6.07, 6.45) is 1.51. The molecule has 10 heavy (non-hydrogen) atoms. The second-order valence-electron chi connectivity index (χ2n) is 1.66. The Morgan fingerprint density at radius 2 is 2.50 bits per heavy atom. The van der Waals surface area contributed by atoms with E-state index in [2.05, 4.69) is 11.6 Å². The zero-order chi connectivity index (χ0) is 7.82. The van der Waals surface area contributed by atoms with Gasteiger partial charge in [-0.25, -0.2) is 0 Å². The van der Waals surface area contributed by atoms with Crippen LogP contribution in [-0.4, -0.2) is 31.1 Å². The molecule has 0 radical (unpaired) electrons. The fraction of sp³-hybridized carbons (Fsp3) is 0.571. The third-order valence-corrected chi connectivity index (χ3v) is 0.794. The van der Waals surface area contributed by atoms with E-state index in [9.17, 15) is 0 Å². The smallest absolute Gasteiger partial charge is 0.129 e. The molecule has 0 fully saturated rings. The van der Waals surface area contributed by atoms with Gasteiger partial charge in [0, 0.05) is 0 Å². The van der Waals surface area contributed by atoms with Crippen molar-refractivity contribution in [2.45, 2.75) is 6.92 Å². The van der Waals surface area contributed by atoms with E-state index in [4.69, 9.17) is 9.84 Å². The highest BCUT2D eigenvalue weighted by molar-refractivity contribution is 5.74. The lowest BCUT2D eigenvalue weighted by molar-refractivity contribution is 0.252. The van der Waals surface area contributed by atoms with Crippen LogP contribution in [-0.2, 0) is 4.74 Å². The molecule has 0 saturated carbocycles. The minimum absolute atomic E-state index is 0.0654. The fourth-order valence-electron chi connectivity index (χ4n) is 0.447. The predicted molar refractivity (Wildman–Crippen MR) is 41.2 cm³/mol. The molecule has 0 aromatic heterocycles. The van der Waals surface area contributed by atoms with Gasteiger partial charge in [0.05, 0.1) is 26.0 Å². The van der Waals surface area contributed by atoms with E-state index >= 15 is 0 Å². The van der Waals surface area contributed by atoms with E-state index < -0.39 is 0 Å². The first-order chi connectivity index (χ1) is 4.81. The molecule has 3 heteroatoms. The molecule has 0 unspecified atom stereocenters. The van der Waals surface area contributed by atoms with Crippen LogP contribution in [0.4, 0.5) is 0 Å². The van der Waals surface area contributed by atoms with Gasteiger partial charge >= 0.3 is 0 Å². The van der Waals surface area contributed by atoms with E-state index in [0.29, 0.717) is 18.9 Å². The highest BCUT2D eigenvalue weighted by Crippen LogP contribution is 1.86. The molecule has 0 rings (SSSR count). The van der Waals surface area contributed by atoms with Crippen LogP contribution < -0.4 is 0 Å². The minimum Gasteiger partial charge on any atom is -0.493 e. The van der Waals surface area contributed by atoms with Gasteiger partial charge in [-0.3, -0.25) is 4.99 Å². The van der Waals surface area contributed by atoms with E-state index in [1.54, 1.807) is 0 Å². The molecular weight excluding hydrogens is 130 g/mol. The van der Waals surface area contributed by atoms with Crippen LogP contribution in [0, 0.1) is 0 Å². The number of aliphatic hydroxyl groups is 1. The molecular formula is C7H13NO2. The SMILES string of the molecule is C=C(C=NCCO)OCC. The lowest BCUT2D eigenvalue weighted by Crippen LogP contribution is -1.93. The van der Waals surface area contributed by atoms with E-state index in [1.165, 1.54) is 6.21 Å². The van der Waals surface area contributed by atoms with Gasteiger partial charge in [0.1, 0.15) is 5.76 Å². The van der Waals surface area contributed by atoms with Crippen LogP contribution in [0.1, 0.15) is 6.92 Å². The zero-order valence-corrected chi connectivity index (χ0v) is 6.21. The monoisotopic (exact) mass is 143 g/mol. The van der Waals surface area contributed by atoms with Crippen molar-refractivity contribution in [1.29, 1.82) is 0 Å². The second-order valence-corrected chi connectivity index (χ2v) is 1.66. The van der Waals surface area contributed by atoms with Gasteiger partial charge in [-0.1, -0.05) is 6.58 Å². The fourth-order valence-corrected chi connectivity index (χ4v) is 0.447. The highest BCUT2D eigenvalue weighted by atomic mass is 16.5. The summed E-state index contributed by atoms with van der Waals surface area (Å²) in [7, 11) is 0. The van der Waals surface area contributed by atoms with Crippen molar-refractivity contribution in [2.24, 2.45) is 4.99 Å². The second kappa shape index (κ2) is 6.29. The van der Waals surface area contributed by atoms with Gasteiger partial charge in [0.25, 0.3) is 0 Å². The molecule has 0 heterocycles. The van der Waals surface area contributed by atoms with Crippen molar-refractivity contribution in [3.63, 3.8) is 0 Å². The van der Waals surface area contributed by atoms with Crippen LogP contribution in [0.2, 0.25) is 0 Å². The van der Waals surface area contributed by atoms with Crippen LogP contribution >= 0.6 is 0 Å². The first-order valence-electron chi connectivity index (χ1n) is 3.23. The zero-order valence-electron chi connectivity index (χ0n) is 6.21. The predicted octanol–water partition coefficient (Wildman–Crippen LogP) is 0.600. The molecule has 0 aromatic rings. The Morgan fingerprint density at radius 1 is 1.80 bits per heavy atom. The number of aliphatic hydroxyl groups excluding tert-OH is 1. The lowest BCUT2D eigenvalue weighted by atomic mass is 10.6. The summed E-state index contributed by atoms with van der Waals surface area (Å²) in [5.41, 5.74) is 0. The van der Waals surface area contributed by atoms with Crippen molar-refractivity contribution in [2.75, 3.05) is 19.8 Å². The van der Waals surface area contributed by atoms with Gasteiger partial charge in [0.15, 0.2) is 0 Å². The molecule has 0 amide bonds. The summed E-state index contributed by atoms with van der Waals surface area (Å²) in [6.45, 7) is 6.52.